The van der Waals surface area contributed by atoms with E-state index in [0.29, 0.717) is 11.9 Å². The van der Waals surface area contributed by atoms with Crippen LogP contribution in [0.4, 0.5) is 0 Å². The molecule has 5 rings (SSSR count). The zero-order valence-corrected chi connectivity index (χ0v) is 15.8. The molecule has 3 aromatic heterocycles. The number of methoxy groups -OCH3 is 1. The number of pyridine rings is 1. The van der Waals surface area contributed by atoms with Gasteiger partial charge in [0.05, 0.1) is 30.8 Å². The van der Waals surface area contributed by atoms with Gasteiger partial charge in [0.15, 0.2) is 5.65 Å². The SMILES string of the molecule is COc1ccc(Cn2ccc3c(cnc4c(-c5ccccc5)cnn43)c2=O)cc1. The predicted octanol–water partition coefficient (Wildman–Crippen LogP) is 3.77. The van der Waals surface area contributed by atoms with Crippen LogP contribution in [0.5, 0.6) is 5.75 Å². The molecule has 6 nitrogen and oxygen atoms in total. The highest BCUT2D eigenvalue weighted by atomic mass is 16.5. The first-order valence-electron chi connectivity index (χ1n) is 9.29. The van der Waals surface area contributed by atoms with Gasteiger partial charge in [-0.05, 0) is 29.3 Å². The lowest BCUT2D eigenvalue weighted by Gasteiger charge is -2.09. The predicted molar refractivity (Wildman–Crippen MR) is 112 cm³/mol. The summed E-state index contributed by atoms with van der Waals surface area (Å²) in [5.74, 6) is 0.791. The number of nitrogens with zero attached hydrogens (tertiary/aromatic N) is 4. The number of rotatable bonds is 4. The van der Waals surface area contributed by atoms with Gasteiger partial charge in [-0.25, -0.2) is 9.50 Å². The summed E-state index contributed by atoms with van der Waals surface area (Å²) in [6, 6.07) is 19.6. The Morgan fingerprint density at radius 2 is 1.76 bits per heavy atom. The molecule has 0 saturated heterocycles. The maximum absolute atomic E-state index is 13.0. The van der Waals surface area contributed by atoms with Gasteiger partial charge in [-0.1, -0.05) is 42.5 Å². The van der Waals surface area contributed by atoms with Crippen molar-refractivity contribution in [3.05, 3.63) is 95.2 Å². The molecular formula is C23H18N4O2. The van der Waals surface area contributed by atoms with E-state index in [1.165, 1.54) is 0 Å². The van der Waals surface area contributed by atoms with E-state index in [1.54, 1.807) is 34.8 Å². The van der Waals surface area contributed by atoms with Crippen molar-refractivity contribution in [2.45, 2.75) is 6.54 Å². The summed E-state index contributed by atoms with van der Waals surface area (Å²) in [6.07, 6.45) is 5.24. The smallest absolute Gasteiger partial charge is 0.261 e. The van der Waals surface area contributed by atoms with Crippen LogP contribution < -0.4 is 10.3 Å². The van der Waals surface area contributed by atoms with Crippen molar-refractivity contribution in [3.63, 3.8) is 0 Å². The molecule has 0 aliphatic heterocycles. The molecule has 0 radical (unpaired) electrons. The number of aromatic nitrogens is 4. The zero-order chi connectivity index (χ0) is 19.8. The van der Waals surface area contributed by atoms with Gasteiger partial charge in [-0.3, -0.25) is 4.79 Å². The van der Waals surface area contributed by atoms with Crippen molar-refractivity contribution in [1.29, 1.82) is 0 Å². The molecule has 0 unspecified atom stereocenters. The average molecular weight is 382 g/mol. The third-order valence-corrected chi connectivity index (χ3v) is 5.06. The van der Waals surface area contributed by atoms with Crippen LogP contribution in [0.15, 0.2) is 84.0 Å². The Morgan fingerprint density at radius 1 is 0.966 bits per heavy atom. The van der Waals surface area contributed by atoms with Crippen LogP contribution in [0.25, 0.3) is 27.7 Å². The maximum atomic E-state index is 13.0. The Hall–Kier alpha value is -3.93. The Kier molecular flexibility index (Phi) is 4.09. The normalized spacial score (nSPS) is 11.2. The first-order chi connectivity index (χ1) is 14.2. The molecule has 3 heterocycles. The topological polar surface area (TPSA) is 61.4 Å². The third kappa shape index (κ3) is 2.95. The molecule has 0 saturated carbocycles. The minimum atomic E-state index is -0.0931. The summed E-state index contributed by atoms with van der Waals surface area (Å²) in [4.78, 5) is 17.6. The zero-order valence-electron chi connectivity index (χ0n) is 15.8. The lowest BCUT2D eigenvalue weighted by Crippen LogP contribution is -2.21. The molecule has 142 valence electrons. The van der Waals surface area contributed by atoms with E-state index in [0.717, 1.165) is 33.6 Å². The van der Waals surface area contributed by atoms with Gasteiger partial charge < -0.3 is 9.30 Å². The summed E-state index contributed by atoms with van der Waals surface area (Å²) in [5, 5.41) is 5.03. The van der Waals surface area contributed by atoms with E-state index in [-0.39, 0.29) is 5.56 Å². The van der Waals surface area contributed by atoms with E-state index in [4.69, 9.17) is 4.74 Å². The van der Waals surface area contributed by atoms with Crippen molar-refractivity contribution in [3.8, 4) is 16.9 Å². The van der Waals surface area contributed by atoms with Gasteiger partial charge >= 0.3 is 0 Å². The van der Waals surface area contributed by atoms with Gasteiger partial charge in [0, 0.05) is 18.0 Å². The van der Waals surface area contributed by atoms with E-state index >= 15 is 0 Å². The van der Waals surface area contributed by atoms with Crippen LogP contribution in [0.3, 0.4) is 0 Å². The van der Waals surface area contributed by atoms with Gasteiger partial charge in [0.1, 0.15) is 5.75 Å². The highest BCUT2D eigenvalue weighted by molar-refractivity contribution is 5.84. The first-order valence-corrected chi connectivity index (χ1v) is 9.29. The molecule has 0 fully saturated rings. The Balaban J connectivity index is 1.59. The molecule has 0 aliphatic carbocycles. The molecular weight excluding hydrogens is 364 g/mol. The fourth-order valence-corrected chi connectivity index (χ4v) is 3.53. The van der Waals surface area contributed by atoms with Crippen molar-refractivity contribution in [2.24, 2.45) is 0 Å². The van der Waals surface area contributed by atoms with Gasteiger partial charge in [0.25, 0.3) is 5.56 Å². The summed E-state index contributed by atoms with van der Waals surface area (Å²) < 4.78 is 8.60. The minimum Gasteiger partial charge on any atom is -0.497 e. The number of ether oxygens (including phenoxy) is 1. The summed E-state index contributed by atoms with van der Waals surface area (Å²) in [6.45, 7) is 0.477. The second-order valence-electron chi connectivity index (χ2n) is 6.81. The Morgan fingerprint density at radius 3 is 2.52 bits per heavy atom. The Labute approximate surface area is 166 Å². The van der Waals surface area contributed by atoms with Crippen LogP contribution in [0.2, 0.25) is 0 Å². The highest BCUT2D eigenvalue weighted by Gasteiger charge is 2.13. The van der Waals surface area contributed by atoms with E-state index < -0.39 is 0 Å². The monoisotopic (exact) mass is 382 g/mol. The van der Waals surface area contributed by atoms with E-state index in [1.807, 2.05) is 60.7 Å². The van der Waals surface area contributed by atoms with E-state index in [9.17, 15) is 4.79 Å². The van der Waals surface area contributed by atoms with Crippen LogP contribution in [0.1, 0.15) is 5.56 Å². The van der Waals surface area contributed by atoms with Crippen LogP contribution in [-0.2, 0) is 6.54 Å². The van der Waals surface area contributed by atoms with Crippen LogP contribution >= 0.6 is 0 Å². The Bertz CT molecular complexity index is 1370. The van der Waals surface area contributed by atoms with Crippen LogP contribution in [-0.4, -0.2) is 26.3 Å². The maximum Gasteiger partial charge on any atom is 0.261 e. The van der Waals surface area contributed by atoms with Gasteiger partial charge in [-0.15, -0.1) is 0 Å². The second kappa shape index (κ2) is 6.91. The molecule has 0 atom stereocenters. The minimum absolute atomic E-state index is 0.0931. The fourth-order valence-electron chi connectivity index (χ4n) is 3.53. The first kappa shape index (κ1) is 17.2. The van der Waals surface area contributed by atoms with Crippen molar-refractivity contribution in [1.82, 2.24) is 19.2 Å². The van der Waals surface area contributed by atoms with Crippen molar-refractivity contribution < 1.29 is 4.74 Å². The van der Waals surface area contributed by atoms with Crippen LogP contribution in [0, 0.1) is 0 Å². The lowest BCUT2D eigenvalue weighted by atomic mass is 10.1. The number of hydrogen-bond donors (Lipinski definition) is 0. The molecule has 0 amide bonds. The lowest BCUT2D eigenvalue weighted by molar-refractivity contribution is 0.414. The molecule has 0 bridgehead atoms. The van der Waals surface area contributed by atoms with Gasteiger partial charge in [-0.2, -0.15) is 5.10 Å². The molecule has 0 N–H and O–H groups in total. The average Bonchev–Trinajstić information content (AvgIpc) is 3.21. The molecule has 29 heavy (non-hydrogen) atoms. The largest absolute Gasteiger partial charge is 0.497 e. The number of fused-ring (bicyclic) bond motifs is 3. The summed E-state index contributed by atoms with van der Waals surface area (Å²) in [5.41, 5.74) is 4.39. The summed E-state index contributed by atoms with van der Waals surface area (Å²) in [7, 11) is 1.63. The fraction of sp³-hybridized carbons (Fsp3) is 0.0870. The highest BCUT2D eigenvalue weighted by Crippen LogP contribution is 2.24. The van der Waals surface area contributed by atoms with Crippen molar-refractivity contribution >= 4 is 16.6 Å². The standard InChI is InChI=1S/C23H18N4O2/c1-29-18-9-7-16(8-10-18)15-26-12-11-21-20(23(26)28)13-24-22-19(14-25-27(21)22)17-5-3-2-4-6-17/h2-14H,15H2,1H3. The molecule has 6 heteroatoms. The quantitative estimate of drug-likeness (QED) is 0.475. The third-order valence-electron chi connectivity index (χ3n) is 5.06. The second-order valence-corrected chi connectivity index (χ2v) is 6.81. The van der Waals surface area contributed by atoms with Crippen molar-refractivity contribution in [2.75, 3.05) is 7.11 Å². The molecule has 2 aromatic carbocycles. The van der Waals surface area contributed by atoms with Gasteiger partial charge in [0.2, 0.25) is 0 Å². The molecule has 5 aromatic rings. The summed E-state index contributed by atoms with van der Waals surface area (Å²) >= 11 is 0. The number of hydrogen-bond acceptors (Lipinski definition) is 4. The molecule has 0 spiro atoms. The number of benzene rings is 2. The van der Waals surface area contributed by atoms with E-state index in [2.05, 4.69) is 10.1 Å². The molecule has 0 aliphatic rings.